The van der Waals surface area contributed by atoms with Gasteiger partial charge in [0.15, 0.2) is 5.78 Å². The van der Waals surface area contributed by atoms with Crippen LogP contribution in [0.3, 0.4) is 0 Å². The Kier molecular flexibility index (Phi) is 4.30. The molecule has 0 aromatic heterocycles. The zero-order valence-corrected chi connectivity index (χ0v) is 17.3. The standard InChI is InChI=1S/C26H22F3NO/c1-25(2)13-19-22-18-6-4-3-5-15(18)9-12-20(22)30-24(23(19)21(31)14-25)16-7-10-17(11-8-16)26(27,28)29/h3-12,24,30H,13-14H2,1-2H3. The van der Waals surface area contributed by atoms with Gasteiger partial charge in [0.25, 0.3) is 0 Å². The van der Waals surface area contributed by atoms with E-state index in [2.05, 4.69) is 25.2 Å². The summed E-state index contributed by atoms with van der Waals surface area (Å²) in [5.74, 6) is 0.0576. The Morgan fingerprint density at radius 3 is 2.35 bits per heavy atom. The van der Waals surface area contributed by atoms with Crippen molar-refractivity contribution in [2.75, 3.05) is 5.32 Å². The molecule has 5 rings (SSSR count). The number of hydrogen-bond donors (Lipinski definition) is 1. The average Bonchev–Trinajstić information content (AvgIpc) is 2.71. The fourth-order valence-corrected chi connectivity index (χ4v) is 4.95. The molecule has 1 atom stereocenters. The number of anilines is 1. The number of Topliss-reactive ketones (excluding diaryl/α,β-unsaturated/α-hetero) is 1. The van der Waals surface area contributed by atoms with E-state index in [1.807, 2.05) is 30.3 Å². The number of benzene rings is 3. The van der Waals surface area contributed by atoms with Gasteiger partial charge < -0.3 is 5.32 Å². The van der Waals surface area contributed by atoms with E-state index in [0.717, 1.165) is 46.1 Å². The van der Waals surface area contributed by atoms with Crippen molar-refractivity contribution in [3.63, 3.8) is 0 Å². The molecule has 2 aliphatic rings. The molecule has 1 N–H and O–H groups in total. The molecular weight excluding hydrogens is 399 g/mol. The highest BCUT2D eigenvalue weighted by molar-refractivity contribution is 6.12. The van der Waals surface area contributed by atoms with E-state index in [-0.39, 0.29) is 11.2 Å². The van der Waals surface area contributed by atoms with E-state index in [1.165, 1.54) is 12.1 Å². The van der Waals surface area contributed by atoms with Crippen molar-refractivity contribution in [2.45, 2.75) is 38.9 Å². The van der Waals surface area contributed by atoms with Crippen molar-refractivity contribution in [2.24, 2.45) is 5.41 Å². The Balaban J connectivity index is 1.72. The fraction of sp³-hybridized carbons (Fsp3) is 0.269. The van der Waals surface area contributed by atoms with Gasteiger partial charge in [-0.15, -0.1) is 0 Å². The summed E-state index contributed by atoms with van der Waals surface area (Å²) in [4.78, 5) is 13.3. The predicted molar refractivity (Wildman–Crippen MR) is 117 cm³/mol. The minimum atomic E-state index is -4.39. The molecule has 0 bridgehead atoms. The number of fused-ring (bicyclic) bond motifs is 4. The summed E-state index contributed by atoms with van der Waals surface area (Å²) < 4.78 is 39.1. The second-order valence-electron chi connectivity index (χ2n) is 9.24. The number of alkyl halides is 3. The first-order chi connectivity index (χ1) is 14.6. The third-order valence-electron chi connectivity index (χ3n) is 6.31. The normalized spacial score (nSPS) is 20.3. The Morgan fingerprint density at radius 1 is 0.935 bits per heavy atom. The average molecular weight is 421 g/mol. The lowest BCUT2D eigenvalue weighted by Gasteiger charge is -2.40. The van der Waals surface area contributed by atoms with Gasteiger partial charge >= 0.3 is 6.18 Å². The van der Waals surface area contributed by atoms with Crippen molar-refractivity contribution in [3.05, 3.63) is 82.9 Å². The smallest absolute Gasteiger partial charge is 0.373 e. The SMILES string of the molecule is CC1(C)CC(=O)C2=C(C1)c1c(ccc3ccccc13)NC2c1ccc(C(F)(F)F)cc1. The largest absolute Gasteiger partial charge is 0.416 e. The molecule has 0 amide bonds. The molecule has 158 valence electrons. The van der Waals surface area contributed by atoms with Crippen LogP contribution < -0.4 is 5.32 Å². The molecule has 3 aromatic carbocycles. The molecule has 0 spiro atoms. The molecule has 1 heterocycles. The summed E-state index contributed by atoms with van der Waals surface area (Å²) in [6.45, 7) is 4.18. The van der Waals surface area contributed by atoms with E-state index < -0.39 is 17.8 Å². The van der Waals surface area contributed by atoms with Gasteiger partial charge in [0.2, 0.25) is 0 Å². The maximum atomic E-state index is 13.3. The van der Waals surface area contributed by atoms with Gasteiger partial charge in [-0.3, -0.25) is 4.79 Å². The summed E-state index contributed by atoms with van der Waals surface area (Å²) in [7, 11) is 0. The van der Waals surface area contributed by atoms with Crippen molar-refractivity contribution in [3.8, 4) is 0 Å². The number of carbonyl (C=O) groups is 1. The Bertz CT molecular complexity index is 1240. The Labute approximate surface area is 178 Å². The van der Waals surface area contributed by atoms with E-state index >= 15 is 0 Å². The van der Waals surface area contributed by atoms with E-state index in [0.29, 0.717) is 17.6 Å². The Hall–Kier alpha value is -3.08. The quantitative estimate of drug-likeness (QED) is 0.451. The summed E-state index contributed by atoms with van der Waals surface area (Å²) >= 11 is 0. The van der Waals surface area contributed by atoms with Crippen LogP contribution in [0.2, 0.25) is 0 Å². The molecule has 1 aliphatic carbocycles. The highest BCUT2D eigenvalue weighted by Crippen LogP contribution is 2.52. The molecule has 3 aromatic rings. The third-order valence-corrected chi connectivity index (χ3v) is 6.31. The van der Waals surface area contributed by atoms with Crippen molar-refractivity contribution < 1.29 is 18.0 Å². The van der Waals surface area contributed by atoms with Crippen LogP contribution in [0.5, 0.6) is 0 Å². The van der Waals surface area contributed by atoms with Gasteiger partial charge in [-0.05, 0) is 51.9 Å². The number of rotatable bonds is 1. The van der Waals surface area contributed by atoms with Crippen molar-refractivity contribution in [1.82, 2.24) is 0 Å². The summed E-state index contributed by atoms with van der Waals surface area (Å²) in [6, 6.07) is 16.8. The molecule has 0 radical (unpaired) electrons. The second kappa shape index (κ2) is 6.71. The van der Waals surface area contributed by atoms with Crippen LogP contribution in [-0.2, 0) is 11.0 Å². The number of carbonyl (C=O) groups excluding carboxylic acids is 1. The van der Waals surface area contributed by atoms with Gasteiger partial charge in [0.1, 0.15) is 0 Å². The minimum absolute atomic E-state index is 0.0576. The van der Waals surface area contributed by atoms with Gasteiger partial charge in [0, 0.05) is 23.2 Å². The van der Waals surface area contributed by atoms with E-state index in [9.17, 15) is 18.0 Å². The van der Waals surface area contributed by atoms with Crippen LogP contribution in [0.25, 0.3) is 16.3 Å². The maximum Gasteiger partial charge on any atom is 0.416 e. The van der Waals surface area contributed by atoms with Crippen LogP contribution in [0.1, 0.15) is 49.4 Å². The lowest BCUT2D eigenvalue weighted by molar-refractivity contribution is -0.137. The van der Waals surface area contributed by atoms with Gasteiger partial charge in [-0.2, -0.15) is 13.2 Å². The number of halogens is 3. The van der Waals surface area contributed by atoms with Crippen LogP contribution in [0.15, 0.2) is 66.2 Å². The highest BCUT2D eigenvalue weighted by atomic mass is 19.4. The first kappa shape index (κ1) is 19.9. The molecule has 31 heavy (non-hydrogen) atoms. The second-order valence-corrected chi connectivity index (χ2v) is 9.24. The van der Waals surface area contributed by atoms with Crippen LogP contribution >= 0.6 is 0 Å². The first-order valence-corrected chi connectivity index (χ1v) is 10.4. The maximum absolute atomic E-state index is 13.3. The molecule has 1 aliphatic heterocycles. The molecule has 0 fully saturated rings. The van der Waals surface area contributed by atoms with Crippen molar-refractivity contribution >= 4 is 27.8 Å². The summed E-state index contributed by atoms with van der Waals surface area (Å²) in [5, 5.41) is 5.64. The zero-order chi connectivity index (χ0) is 22.0. The number of allylic oxidation sites excluding steroid dienone is 1. The molecule has 0 saturated carbocycles. The topological polar surface area (TPSA) is 29.1 Å². The van der Waals surface area contributed by atoms with Gasteiger partial charge in [0.05, 0.1) is 11.6 Å². The highest BCUT2D eigenvalue weighted by Gasteiger charge is 2.41. The summed E-state index contributed by atoms with van der Waals surface area (Å²) in [6.07, 6.45) is -3.22. The van der Waals surface area contributed by atoms with Crippen LogP contribution in [0.4, 0.5) is 18.9 Å². The lowest BCUT2D eigenvalue weighted by Crippen LogP contribution is -2.33. The molecule has 5 heteroatoms. The van der Waals surface area contributed by atoms with Gasteiger partial charge in [-0.1, -0.05) is 56.3 Å². The fourth-order valence-electron chi connectivity index (χ4n) is 4.95. The number of nitrogens with one attached hydrogen (secondary N) is 1. The molecule has 1 unspecified atom stereocenters. The molecule has 2 nitrogen and oxygen atoms in total. The number of ketones is 1. The van der Waals surface area contributed by atoms with Gasteiger partial charge in [-0.25, -0.2) is 0 Å². The molecular formula is C26H22F3NO. The Morgan fingerprint density at radius 2 is 1.65 bits per heavy atom. The minimum Gasteiger partial charge on any atom is -0.373 e. The zero-order valence-electron chi connectivity index (χ0n) is 17.3. The monoisotopic (exact) mass is 421 g/mol. The van der Waals surface area contributed by atoms with E-state index in [1.54, 1.807) is 0 Å². The summed E-state index contributed by atoms with van der Waals surface area (Å²) in [5.41, 5.74) is 3.44. The molecule has 0 saturated heterocycles. The van der Waals surface area contributed by atoms with Crippen molar-refractivity contribution in [1.29, 1.82) is 0 Å². The van der Waals surface area contributed by atoms with Crippen LogP contribution in [0, 0.1) is 5.41 Å². The first-order valence-electron chi connectivity index (χ1n) is 10.4. The lowest BCUT2D eigenvalue weighted by atomic mass is 9.68. The third kappa shape index (κ3) is 3.32. The van der Waals surface area contributed by atoms with E-state index in [4.69, 9.17) is 0 Å². The number of hydrogen-bond acceptors (Lipinski definition) is 2. The van der Waals surface area contributed by atoms with Crippen LogP contribution in [-0.4, -0.2) is 5.78 Å². The predicted octanol–water partition coefficient (Wildman–Crippen LogP) is 7.17.